The van der Waals surface area contributed by atoms with E-state index in [1.165, 1.54) is 5.69 Å². The van der Waals surface area contributed by atoms with Gasteiger partial charge in [0.2, 0.25) is 5.91 Å². The number of ketones is 1. The van der Waals surface area contributed by atoms with Gasteiger partial charge in [-0.15, -0.1) is 0 Å². The number of ether oxygens (including phenoxy) is 1. The van der Waals surface area contributed by atoms with Crippen LogP contribution >= 0.6 is 0 Å². The zero-order chi connectivity index (χ0) is 19.1. The minimum absolute atomic E-state index is 0.0216. The molecule has 142 valence electrons. The second-order valence-corrected chi connectivity index (χ2v) is 6.82. The van der Waals surface area contributed by atoms with Crippen molar-refractivity contribution in [2.75, 3.05) is 25.1 Å². The number of methoxy groups -OCH3 is 1. The highest BCUT2D eigenvalue weighted by Gasteiger charge is 2.21. The van der Waals surface area contributed by atoms with Crippen molar-refractivity contribution in [3.8, 4) is 5.75 Å². The summed E-state index contributed by atoms with van der Waals surface area (Å²) in [6.07, 6.45) is 2.30. The van der Waals surface area contributed by atoms with E-state index in [0.29, 0.717) is 11.3 Å². The summed E-state index contributed by atoms with van der Waals surface area (Å²) in [6, 6.07) is 17.5. The topological polar surface area (TPSA) is 58.6 Å². The third kappa shape index (κ3) is 5.33. The van der Waals surface area contributed by atoms with Crippen LogP contribution in [0.1, 0.15) is 36.0 Å². The number of nitrogens with one attached hydrogen (secondary N) is 1. The Morgan fingerprint density at radius 1 is 1.00 bits per heavy atom. The molecule has 5 nitrogen and oxygen atoms in total. The number of hydrogen-bond donors (Lipinski definition) is 1. The molecule has 0 radical (unpaired) electrons. The number of piperidine rings is 1. The molecule has 0 spiro atoms. The molecule has 1 saturated heterocycles. The third-order valence-corrected chi connectivity index (χ3v) is 4.97. The van der Waals surface area contributed by atoms with E-state index in [4.69, 9.17) is 4.74 Å². The van der Waals surface area contributed by atoms with Crippen molar-refractivity contribution in [2.45, 2.75) is 31.7 Å². The van der Waals surface area contributed by atoms with Crippen LogP contribution in [0.25, 0.3) is 0 Å². The molecule has 0 aromatic heterocycles. The van der Waals surface area contributed by atoms with E-state index in [2.05, 4.69) is 22.3 Å². The number of anilines is 1. The molecular weight excluding hydrogens is 340 g/mol. The lowest BCUT2D eigenvalue weighted by Crippen LogP contribution is -2.44. The van der Waals surface area contributed by atoms with E-state index in [-0.39, 0.29) is 30.6 Å². The first-order chi connectivity index (χ1) is 13.2. The number of para-hydroxylation sites is 1. The molecule has 0 unspecified atom stereocenters. The monoisotopic (exact) mass is 366 g/mol. The van der Waals surface area contributed by atoms with E-state index in [1.54, 1.807) is 31.4 Å². The summed E-state index contributed by atoms with van der Waals surface area (Å²) < 4.78 is 5.09. The fraction of sp³-hybridized carbons (Fsp3) is 0.364. The number of Topliss-reactive ketones (excluding diaryl/α,β-unsaturated/α-hetero) is 1. The molecule has 0 aliphatic carbocycles. The van der Waals surface area contributed by atoms with Crippen molar-refractivity contribution in [2.24, 2.45) is 0 Å². The third-order valence-electron chi connectivity index (χ3n) is 4.97. The van der Waals surface area contributed by atoms with Gasteiger partial charge in [0.1, 0.15) is 5.75 Å². The van der Waals surface area contributed by atoms with Crippen LogP contribution in [-0.2, 0) is 4.79 Å². The van der Waals surface area contributed by atoms with Crippen molar-refractivity contribution in [1.82, 2.24) is 5.32 Å². The van der Waals surface area contributed by atoms with Crippen molar-refractivity contribution >= 4 is 17.4 Å². The molecule has 1 aliphatic rings. The lowest BCUT2D eigenvalue weighted by atomic mass is 10.0. The largest absolute Gasteiger partial charge is 0.497 e. The van der Waals surface area contributed by atoms with E-state index >= 15 is 0 Å². The van der Waals surface area contributed by atoms with Crippen LogP contribution in [0.15, 0.2) is 54.6 Å². The maximum absolute atomic E-state index is 12.2. The molecular formula is C22H26N2O3. The van der Waals surface area contributed by atoms with Gasteiger partial charge in [-0.05, 0) is 49.2 Å². The number of carbonyl (C=O) groups excluding carboxylic acids is 2. The van der Waals surface area contributed by atoms with Gasteiger partial charge in [-0.1, -0.05) is 18.2 Å². The molecule has 0 saturated carbocycles. The van der Waals surface area contributed by atoms with Gasteiger partial charge in [-0.2, -0.15) is 0 Å². The van der Waals surface area contributed by atoms with E-state index in [0.717, 1.165) is 25.9 Å². The Hall–Kier alpha value is -2.82. The molecule has 1 aliphatic heterocycles. The van der Waals surface area contributed by atoms with Crippen LogP contribution in [0.5, 0.6) is 5.75 Å². The lowest BCUT2D eigenvalue weighted by Gasteiger charge is -2.34. The Morgan fingerprint density at radius 2 is 1.67 bits per heavy atom. The molecule has 1 heterocycles. The maximum Gasteiger partial charge on any atom is 0.220 e. The summed E-state index contributed by atoms with van der Waals surface area (Å²) in [6.45, 7) is 1.86. The average molecular weight is 366 g/mol. The van der Waals surface area contributed by atoms with Crippen molar-refractivity contribution < 1.29 is 14.3 Å². The van der Waals surface area contributed by atoms with Crippen LogP contribution in [0, 0.1) is 0 Å². The van der Waals surface area contributed by atoms with Gasteiger partial charge in [-0.25, -0.2) is 0 Å². The molecule has 0 bridgehead atoms. The predicted octanol–water partition coefficient (Wildman–Crippen LogP) is 3.44. The maximum atomic E-state index is 12.2. The number of benzene rings is 2. The summed E-state index contributed by atoms with van der Waals surface area (Å²) in [4.78, 5) is 26.8. The Morgan fingerprint density at radius 3 is 2.30 bits per heavy atom. The van der Waals surface area contributed by atoms with Gasteiger partial charge >= 0.3 is 0 Å². The number of hydrogen-bond acceptors (Lipinski definition) is 4. The second-order valence-electron chi connectivity index (χ2n) is 6.82. The molecule has 0 atom stereocenters. The summed E-state index contributed by atoms with van der Waals surface area (Å²) in [7, 11) is 1.59. The second kappa shape index (κ2) is 9.21. The number of carbonyl (C=O) groups is 2. The predicted molar refractivity (Wildman–Crippen MR) is 106 cm³/mol. The summed E-state index contributed by atoms with van der Waals surface area (Å²) in [5.74, 6) is 0.646. The van der Waals surface area contributed by atoms with E-state index in [9.17, 15) is 9.59 Å². The SMILES string of the molecule is COc1ccc(C(=O)CCC(=O)NC2CCN(c3ccccc3)CC2)cc1. The van der Waals surface area contributed by atoms with Gasteiger partial charge in [0.15, 0.2) is 5.78 Å². The van der Waals surface area contributed by atoms with Crippen LogP contribution in [0.3, 0.4) is 0 Å². The fourth-order valence-electron chi connectivity index (χ4n) is 3.37. The molecule has 1 fully saturated rings. The van der Waals surface area contributed by atoms with E-state index < -0.39 is 0 Å². The van der Waals surface area contributed by atoms with Crippen LogP contribution < -0.4 is 15.0 Å². The normalized spacial score (nSPS) is 14.6. The molecule has 3 rings (SSSR count). The molecule has 5 heteroatoms. The smallest absolute Gasteiger partial charge is 0.220 e. The number of rotatable bonds is 7. The Balaban J connectivity index is 1.40. The zero-order valence-electron chi connectivity index (χ0n) is 15.7. The van der Waals surface area contributed by atoms with Crippen LogP contribution in [-0.4, -0.2) is 37.9 Å². The first-order valence-corrected chi connectivity index (χ1v) is 9.42. The van der Waals surface area contributed by atoms with Crippen LogP contribution in [0.2, 0.25) is 0 Å². The molecule has 1 amide bonds. The first-order valence-electron chi connectivity index (χ1n) is 9.42. The highest BCUT2D eigenvalue weighted by atomic mass is 16.5. The van der Waals surface area contributed by atoms with Gasteiger partial charge in [0, 0.05) is 43.2 Å². The average Bonchev–Trinajstić information content (AvgIpc) is 2.73. The Kier molecular flexibility index (Phi) is 6.47. The molecule has 2 aromatic carbocycles. The van der Waals surface area contributed by atoms with Crippen molar-refractivity contribution in [1.29, 1.82) is 0 Å². The van der Waals surface area contributed by atoms with Gasteiger partial charge < -0.3 is 15.0 Å². The van der Waals surface area contributed by atoms with Gasteiger partial charge in [0.25, 0.3) is 0 Å². The minimum atomic E-state index is -0.0463. The number of nitrogens with zero attached hydrogens (tertiary/aromatic N) is 1. The quantitative estimate of drug-likeness (QED) is 0.763. The lowest BCUT2D eigenvalue weighted by molar-refractivity contribution is -0.121. The fourth-order valence-corrected chi connectivity index (χ4v) is 3.37. The molecule has 1 N–H and O–H groups in total. The van der Waals surface area contributed by atoms with Gasteiger partial charge in [-0.3, -0.25) is 9.59 Å². The van der Waals surface area contributed by atoms with Crippen LogP contribution in [0.4, 0.5) is 5.69 Å². The van der Waals surface area contributed by atoms with Crippen molar-refractivity contribution in [3.63, 3.8) is 0 Å². The standard InChI is InChI=1S/C22H26N2O3/c1-27-20-9-7-17(8-10-20)21(25)11-12-22(26)23-18-13-15-24(16-14-18)19-5-3-2-4-6-19/h2-10,18H,11-16H2,1H3,(H,23,26). The zero-order valence-corrected chi connectivity index (χ0v) is 15.7. The Labute approximate surface area is 160 Å². The van der Waals surface area contributed by atoms with Gasteiger partial charge in [0.05, 0.1) is 7.11 Å². The molecule has 27 heavy (non-hydrogen) atoms. The molecule has 2 aromatic rings. The number of amides is 1. The van der Waals surface area contributed by atoms with Crippen molar-refractivity contribution in [3.05, 3.63) is 60.2 Å². The van der Waals surface area contributed by atoms with E-state index in [1.807, 2.05) is 18.2 Å². The summed E-state index contributed by atoms with van der Waals surface area (Å²) >= 11 is 0. The Bertz CT molecular complexity index is 751. The summed E-state index contributed by atoms with van der Waals surface area (Å²) in [5.41, 5.74) is 1.84. The first kappa shape index (κ1) is 19.0. The minimum Gasteiger partial charge on any atom is -0.497 e. The summed E-state index contributed by atoms with van der Waals surface area (Å²) in [5, 5.41) is 3.08. The highest BCUT2D eigenvalue weighted by Crippen LogP contribution is 2.19. The highest BCUT2D eigenvalue weighted by molar-refractivity contribution is 5.98.